The fraction of sp³-hybridized carbons (Fsp3) is 0.545. The van der Waals surface area contributed by atoms with Crippen LogP contribution in [0.1, 0.15) is 27.7 Å². The summed E-state index contributed by atoms with van der Waals surface area (Å²) in [7, 11) is -0.386. The van der Waals surface area contributed by atoms with Crippen LogP contribution in [0.3, 0.4) is 0 Å². The lowest BCUT2D eigenvalue weighted by molar-refractivity contribution is 0.00578. The van der Waals surface area contributed by atoms with Gasteiger partial charge in [0, 0.05) is 11.7 Å². The Morgan fingerprint density at radius 3 is 2.44 bits per heavy atom. The summed E-state index contributed by atoms with van der Waals surface area (Å²) >= 11 is 0. The summed E-state index contributed by atoms with van der Waals surface area (Å²) in [5, 5.41) is 11.3. The van der Waals surface area contributed by atoms with Gasteiger partial charge < -0.3 is 9.31 Å². The second kappa shape index (κ2) is 3.52. The van der Waals surface area contributed by atoms with E-state index in [9.17, 15) is 0 Å². The molecule has 7 heteroatoms. The number of tetrazole rings is 1. The van der Waals surface area contributed by atoms with Gasteiger partial charge in [0.05, 0.1) is 11.2 Å². The van der Waals surface area contributed by atoms with Crippen molar-refractivity contribution in [2.24, 2.45) is 0 Å². The number of aromatic nitrogens is 4. The number of nitrogens with zero attached hydrogens (tertiary/aromatic N) is 4. The van der Waals surface area contributed by atoms with E-state index < -0.39 is 0 Å². The lowest BCUT2D eigenvalue weighted by Gasteiger charge is -2.32. The smallest absolute Gasteiger partial charge is 0.399 e. The zero-order chi connectivity index (χ0) is 13.0. The average Bonchev–Trinajstić information content (AvgIpc) is 2.80. The summed E-state index contributed by atoms with van der Waals surface area (Å²) in [6.45, 7) is 8.12. The Hall–Kier alpha value is -1.47. The van der Waals surface area contributed by atoms with Crippen molar-refractivity contribution in [3.05, 3.63) is 18.3 Å². The Morgan fingerprint density at radius 2 is 1.78 bits per heavy atom. The Balaban J connectivity index is 1.96. The maximum atomic E-state index is 5.97. The lowest BCUT2D eigenvalue weighted by Crippen LogP contribution is -2.41. The molecule has 0 saturated carbocycles. The standard InChI is InChI=1S/C11H15BN4O2/c1-10(2)11(3,4)18-12(17-10)8-5-6-9-13-14-15-16(9)7-8/h5-7H,1-4H3. The fourth-order valence-electron chi connectivity index (χ4n) is 1.88. The molecule has 0 aliphatic carbocycles. The molecule has 0 N–H and O–H groups in total. The number of fused-ring (bicyclic) bond motifs is 1. The first-order valence-electron chi connectivity index (χ1n) is 5.92. The molecule has 2 aromatic rings. The molecule has 1 fully saturated rings. The van der Waals surface area contributed by atoms with Crippen molar-refractivity contribution in [1.29, 1.82) is 0 Å². The molecule has 1 aliphatic rings. The lowest BCUT2D eigenvalue weighted by atomic mass is 9.80. The molecule has 1 saturated heterocycles. The van der Waals surface area contributed by atoms with Crippen LogP contribution in [-0.4, -0.2) is 38.4 Å². The normalized spacial score (nSPS) is 21.7. The monoisotopic (exact) mass is 246 g/mol. The van der Waals surface area contributed by atoms with Crippen LogP contribution in [0.2, 0.25) is 0 Å². The van der Waals surface area contributed by atoms with Gasteiger partial charge in [-0.2, -0.15) is 0 Å². The quantitative estimate of drug-likeness (QED) is 0.682. The summed E-state index contributed by atoms with van der Waals surface area (Å²) in [5.74, 6) is 0. The summed E-state index contributed by atoms with van der Waals surface area (Å²) in [5.41, 5.74) is 0.934. The van der Waals surface area contributed by atoms with E-state index in [4.69, 9.17) is 9.31 Å². The topological polar surface area (TPSA) is 61.5 Å². The first kappa shape index (κ1) is 11.6. The molecular weight excluding hydrogens is 231 g/mol. The molecule has 18 heavy (non-hydrogen) atoms. The van der Waals surface area contributed by atoms with Crippen molar-refractivity contribution in [3.8, 4) is 0 Å². The Morgan fingerprint density at radius 1 is 1.11 bits per heavy atom. The minimum Gasteiger partial charge on any atom is -0.399 e. The molecular formula is C11H15BN4O2. The van der Waals surface area contributed by atoms with Gasteiger partial charge >= 0.3 is 7.12 Å². The third-order valence-corrected chi connectivity index (χ3v) is 3.74. The van der Waals surface area contributed by atoms with E-state index >= 15 is 0 Å². The van der Waals surface area contributed by atoms with Crippen LogP contribution < -0.4 is 5.46 Å². The first-order valence-corrected chi connectivity index (χ1v) is 5.92. The van der Waals surface area contributed by atoms with E-state index in [1.807, 2.05) is 46.0 Å². The van der Waals surface area contributed by atoms with Gasteiger partial charge in [0.2, 0.25) is 0 Å². The van der Waals surface area contributed by atoms with Crippen LogP contribution in [0.15, 0.2) is 18.3 Å². The van der Waals surface area contributed by atoms with Crippen LogP contribution in [0.4, 0.5) is 0 Å². The molecule has 1 aliphatic heterocycles. The van der Waals surface area contributed by atoms with E-state index in [1.165, 1.54) is 0 Å². The number of hydrogen-bond acceptors (Lipinski definition) is 5. The van der Waals surface area contributed by atoms with Crippen LogP contribution in [-0.2, 0) is 9.31 Å². The Labute approximate surface area is 105 Å². The molecule has 0 spiro atoms. The van der Waals surface area contributed by atoms with Crippen molar-refractivity contribution < 1.29 is 9.31 Å². The third-order valence-electron chi connectivity index (χ3n) is 3.74. The van der Waals surface area contributed by atoms with Gasteiger partial charge in [0.25, 0.3) is 0 Å². The van der Waals surface area contributed by atoms with Crippen molar-refractivity contribution >= 4 is 18.2 Å². The molecule has 0 aromatic carbocycles. The van der Waals surface area contributed by atoms with E-state index in [0.717, 1.165) is 5.46 Å². The molecule has 0 bridgehead atoms. The average molecular weight is 246 g/mol. The number of pyridine rings is 1. The summed E-state index contributed by atoms with van der Waals surface area (Å²) in [4.78, 5) is 0. The van der Waals surface area contributed by atoms with Gasteiger partial charge in [-0.3, -0.25) is 0 Å². The van der Waals surface area contributed by atoms with Crippen molar-refractivity contribution in [2.45, 2.75) is 38.9 Å². The van der Waals surface area contributed by atoms with E-state index in [-0.39, 0.29) is 18.3 Å². The van der Waals surface area contributed by atoms with E-state index in [2.05, 4.69) is 15.5 Å². The van der Waals surface area contributed by atoms with Gasteiger partial charge in [-0.05, 0) is 44.2 Å². The van der Waals surface area contributed by atoms with E-state index in [1.54, 1.807) is 4.52 Å². The van der Waals surface area contributed by atoms with Crippen LogP contribution in [0, 0.1) is 0 Å². The fourth-order valence-corrected chi connectivity index (χ4v) is 1.88. The van der Waals surface area contributed by atoms with Crippen molar-refractivity contribution in [3.63, 3.8) is 0 Å². The second-order valence-corrected chi connectivity index (χ2v) is 5.53. The number of hydrogen-bond donors (Lipinski definition) is 0. The van der Waals surface area contributed by atoms with Crippen molar-refractivity contribution in [2.75, 3.05) is 0 Å². The van der Waals surface area contributed by atoms with Gasteiger partial charge in [-0.15, -0.1) is 5.10 Å². The second-order valence-electron chi connectivity index (χ2n) is 5.53. The minimum absolute atomic E-state index is 0.340. The molecule has 94 valence electrons. The van der Waals surface area contributed by atoms with Crippen LogP contribution >= 0.6 is 0 Å². The minimum atomic E-state index is -0.386. The molecule has 6 nitrogen and oxygen atoms in total. The zero-order valence-electron chi connectivity index (χ0n) is 10.9. The molecule has 2 aromatic heterocycles. The van der Waals surface area contributed by atoms with Crippen LogP contribution in [0.5, 0.6) is 0 Å². The molecule has 0 unspecified atom stereocenters. The zero-order valence-corrected chi connectivity index (χ0v) is 10.9. The van der Waals surface area contributed by atoms with Gasteiger partial charge in [0.1, 0.15) is 0 Å². The molecule has 3 rings (SSSR count). The Bertz CT molecular complexity index is 579. The maximum Gasteiger partial charge on any atom is 0.496 e. The highest BCUT2D eigenvalue weighted by Crippen LogP contribution is 2.36. The van der Waals surface area contributed by atoms with Gasteiger partial charge in [-0.1, -0.05) is 6.07 Å². The highest BCUT2D eigenvalue weighted by Gasteiger charge is 2.51. The van der Waals surface area contributed by atoms with Crippen molar-refractivity contribution in [1.82, 2.24) is 20.0 Å². The summed E-state index contributed by atoms with van der Waals surface area (Å²) < 4.78 is 13.6. The third kappa shape index (κ3) is 1.62. The van der Waals surface area contributed by atoms with Crippen LogP contribution in [0.25, 0.3) is 5.65 Å². The highest BCUT2D eigenvalue weighted by molar-refractivity contribution is 6.62. The summed E-state index contributed by atoms with van der Waals surface area (Å²) in [6, 6.07) is 3.77. The molecule has 3 heterocycles. The number of rotatable bonds is 1. The van der Waals surface area contributed by atoms with Gasteiger partial charge in [0.15, 0.2) is 5.65 Å². The SMILES string of the molecule is CC1(C)OB(c2ccc3nnnn3c2)OC1(C)C. The molecule has 0 atom stereocenters. The molecule has 0 radical (unpaired) electrons. The largest absolute Gasteiger partial charge is 0.496 e. The van der Waals surface area contributed by atoms with Gasteiger partial charge in [-0.25, -0.2) is 4.52 Å². The summed E-state index contributed by atoms with van der Waals surface area (Å²) in [6.07, 6.45) is 1.83. The predicted molar refractivity (Wildman–Crippen MR) is 66.5 cm³/mol. The Kier molecular flexibility index (Phi) is 2.27. The predicted octanol–water partition coefficient (Wildman–Crippen LogP) is 0.423. The molecule has 0 amide bonds. The maximum absolute atomic E-state index is 5.97. The highest BCUT2D eigenvalue weighted by atomic mass is 16.7. The van der Waals surface area contributed by atoms with E-state index in [0.29, 0.717) is 5.65 Å². The first-order chi connectivity index (χ1) is 8.39.